The maximum atomic E-state index is 5.81. The van der Waals surface area contributed by atoms with Crippen molar-refractivity contribution in [1.29, 1.82) is 0 Å². The van der Waals surface area contributed by atoms with Gasteiger partial charge >= 0.3 is 0 Å². The van der Waals surface area contributed by atoms with E-state index in [1.54, 1.807) is 17.0 Å². The van der Waals surface area contributed by atoms with Crippen LogP contribution in [0.4, 0.5) is 5.69 Å². The largest absolute Gasteiger partial charge is 0.461 e. The average Bonchev–Trinajstić information content (AvgIpc) is 3.20. The van der Waals surface area contributed by atoms with E-state index < -0.39 is 0 Å². The Kier molecular flexibility index (Phi) is 6.58. The summed E-state index contributed by atoms with van der Waals surface area (Å²) in [7, 11) is 1.82. The van der Waals surface area contributed by atoms with Gasteiger partial charge < -0.3 is 31.4 Å². The molecule has 9 nitrogen and oxygen atoms in total. The zero-order chi connectivity index (χ0) is 20.7. The van der Waals surface area contributed by atoms with Gasteiger partial charge in [-0.05, 0) is 37.3 Å². The van der Waals surface area contributed by atoms with E-state index in [0.29, 0.717) is 11.6 Å². The van der Waals surface area contributed by atoms with E-state index in [0.717, 1.165) is 11.3 Å². The third-order valence-corrected chi connectivity index (χ3v) is 3.66. The first-order valence-electron chi connectivity index (χ1n) is 8.19. The van der Waals surface area contributed by atoms with Crippen LogP contribution in [-0.4, -0.2) is 24.7 Å². The maximum Gasteiger partial charge on any atom is 0.224 e. The molecule has 1 aromatic carbocycles. The number of hydrogen-bond donors (Lipinski definition) is 3. The molecule has 2 aromatic rings. The number of oxime groups is 1. The van der Waals surface area contributed by atoms with E-state index >= 15 is 0 Å². The number of hydrogen-bond acceptors (Lipinski definition) is 5. The first-order valence-corrected chi connectivity index (χ1v) is 8.19. The molecule has 0 aliphatic heterocycles. The van der Waals surface area contributed by atoms with E-state index in [9.17, 15) is 0 Å². The lowest BCUT2D eigenvalue weighted by Gasteiger charge is -2.20. The van der Waals surface area contributed by atoms with Crippen LogP contribution in [-0.2, 0) is 4.84 Å². The summed E-state index contributed by atoms with van der Waals surface area (Å²) in [6.45, 7) is 9.53. The van der Waals surface area contributed by atoms with Crippen molar-refractivity contribution in [3.8, 4) is 0 Å². The summed E-state index contributed by atoms with van der Waals surface area (Å²) in [5.41, 5.74) is 19.3. The number of aliphatic imine (C=N–C) groups is 2. The predicted molar refractivity (Wildman–Crippen MR) is 112 cm³/mol. The second-order valence-corrected chi connectivity index (χ2v) is 5.70. The Balaban J connectivity index is 2.05. The van der Waals surface area contributed by atoms with Gasteiger partial charge in [-0.2, -0.15) is 9.98 Å². The minimum Gasteiger partial charge on any atom is -0.461 e. The standard InChI is InChI=1S/C19H23N7O2/c1-12-8-5-6-9-15(12)26(4)14(3)23-19(22)24-17(20)18(21)25-28-13(2)16-10-7-11-27-16/h5-11H,2-3H2,1,4H3,(H2,21,25)(H4,20,22,23,24). The van der Waals surface area contributed by atoms with E-state index in [-0.39, 0.29) is 23.4 Å². The lowest BCUT2D eigenvalue weighted by atomic mass is 10.2. The van der Waals surface area contributed by atoms with Gasteiger partial charge in [-0.3, -0.25) is 0 Å². The zero-order valence-corrected chi connectivity index (χ0v) is 15.8. The highest BCUT2D eigenvalue weighted by Crippen LogP contribution is 2.21. The number of nitrogens with zero attached hydrogens (tertiary/aromatic N) is 4. The van der Waals surface area contributed by atoms with Crippen molar-refractivity contribution in [3.63, 3.8) is 0 Å². The average molecular weight is 381 g/mol. The molecule has 0 spiro atoms. The van der Waals surface area contributed by atoms with Gasteiger partial charge in [0.15, 0.2) is 17.4 Å². The van der Waals surface area contributed by atoms with Gasteiger partial charge in [0.05, 0.1) is 6.26 Å². The normalized spacial score (nSPS) is 12.6. The highest BCUT2D eigenvalue weighted by molar-refractivity contribution is 6.40. The van der Waals surface area contributed by atoms with Crippen LogP contribution in [0.2, 0.25) is 0 Å². The fourth-order valence-electron chi connectivity index (χ4n) is 2.12. The molecule has 0 amide bonds. The van der Waals surface area contributed by atoms with Crippen molar-refractivity contribution in [2.45, 2.75) is 6.92 Å². The van der Waals surface area contributed by atoms with Crippen molar-refractivity contribution < 1.29 is 9.25 Å². The van der Waals surface area contributed by atoms with Gasteiger partial charge in [0.25, 0.3) is 0 Å². The molecular weight excluding hydrogens is 358 g/mol. The van der Waals surface area contributed by atoms with E-state index in [1.165, 1.54) is 6.26 Å². The number of rotatable bonds is 6. The van der Waals surface area contributed by atoms with Gasteiger partial charge in [-0.25, -0.2) is 0 Å². The number of benzene rings is 1. The molecule has 0 unspecified atom stereocenters. The van der Waals surface area contributed by atoms with Crippen molar-refractivity contribution in [3.05, 3.63) is 73.0 Å². The van der Waals surface area contributed by atoms with Crippen LogP contribution in [0.1, 0.15) is 11.3 Å². The second-order valence-electron chi connectivity index (χ2n) is 5.70. The van der Waals surface area contributed by atoms with Crippen LogP contribution < -0.4 is 22.1 Å². The minimum atomic E-state index is -0.191. The Morgan fingerprint density at radius 1 is 1.04 bits per heavy atom. The lowest BCUT2D eigenvalue weighted by molar-refractivity contribution is 0.288. The number of guanidine groups is 1. The topological polar surface area (TPSA) is 141 Å². The van der Waals surface area contributed by atoms with E-state index in [4.69, 9.17) is 26.5 Å². The van der Waals surface area contributed by atoms with Gasteiger partial charge in [-0.1, -0.05) is 29.9 Å². The Morgan fingerprint density at radius 2 is 1.75 bits per heavy atom. The number of nitrogens with two attached hydrogens (primary N) is 3. The first-order chi connectivity index (χ1) is 13.3. The summed E-state index contributed by atoms with van der Waals surface area (Å²) in [4.78, 5) is 14.9. The Hall–Kier alpha value is -4.01. The van der Waals surface area contributed by atoms with E-state index in [2.05, 4.69) is 28.3 Å². The highest BCUT2D eigenvalue weighted by atomic mass is 16.6. The molecule has 0 radical (unpaired) electrons. The second kappa shape index (κ2) is 9.08. The third-order valence-electron chi connectivity index (χ3n) is 3.66. The lowest BCUT2D eigenvalue weighted by Crippen LogP contribution is -2.33. The number of furan rings is 1. The van der Waals surface area contributed by atoms with Crippen molar-refractivity contribution in [2.75, 3.05) is 11.9 Å². The smallest absolute Gasteiger partial charge is 0.224 e. The molecule has 28 heavy (non-hydrogen) atoms. The summed E-state index contributed by atoms with van der Waals surface area (Å²) < 4.78 is 5.11. The van der Waals surface area contributed by atoms with Crippen molar-refractivity contribution >= 4 is 29.1 Å². The van der Waals surface area contributed by atoms with Crippen LogP contribution in [0, 0.1) is 6.92 Å². The molecule has 0 fully saturated rings. The minimum absolute atomic E-state index is 0.133. The van der Waals surface area contributed by atoms with Gasteiger partial charge in [0.2, 0.25) is 11.8 Å². The Morgan fingerprint density at radius 3 is 2.39 bits per heavy atom. The van der Waals surface area contributed by atoms with Crippen LogP contribution >= 0.6 is 0 Å². The number of anilines is 1. The van der Waals surface area contributed by atoms with Gasteiger partial charge in [0.1, 0.15) is 5.82 Å². The predicted octanol–water partition coefficient (Wildman–Crippen LogP) is 2.13. The first kappa shape index (κ1) is 20.3. The molecule has 2 rings (SSSR count). The molecule has 1 aromatic heterocycles. The highest BCUT2D eigenvalue weighted by Gasteiger charge is 2.09. The van der Waals surface area contributed by atoms with Crippen molar-refractivity contribution in [2.24, 2.45) is 32.3 Å². The molecule has 0 saturated heterocycles. The Bertz CT molecular complexity index is 943. The summed E-state index contributed by atoms with van der Waals surface area (Å²) in [6, 6.07) is 11.1. The summed E-state index contributed by atoms with van der Waals surface area (Å²) in [5, 5.41) is 3.64. The molecule has 146 valence electrons. The molecule has 0 atom stereocenters. The molecule has 1 heterocycles. The van der Waals surface area contributed by atoms with Gasteiger partial charge in [0, 0.05) is 12.7 Å². The monoisotopic (exact) mass is 381 g/mol. The zero-order valence-electron chi connectivity index (χ0n) is 15.8. The summed E-state index contributed by atoms with van der Waals surface area (Å²) in [5.74, 6) is 0.454. The molecule has 6 N–H and O–H groups in total. The Labute approximate surface area is 163 Å². The number of aryl methyl sites for hydroxylation is 1. The molecule has 0 bridgehead atoms. The molecule has 0 aliphatic carbocycles. The fraction of sp³-hybridized carbons (Fsp3) is 0.105. The van der Waals surface area contributed by atoms with Crippen molar-refractivity contribution in [1.82, 2.24) is 0 Å². The van der Waals surface area contributed by atoms with Gasteiger partial charge in [-0.15, -0.1) is 0 Å². The molecule has 0 aliphatic rings. The quantitative estimate of drug-likeness (QED) is 0.303. The van der Waals surface area contributed by atoms with E-state index in [1.807, 2.05) is 38.2 Å². The number of para-hydroxylation sites is 1. The van der Waals surface area contributed by atoms with Crippen LogP contribution in [0.25, 0.3) is 5.76 Å². The molecular formula is C19H23N7O2. The summed E-state index contributed by atoms with van der Waals surface area (Å²) >= 11 is 0. The SMILES string of the molecule is C=C(O/N=C(N)/C(N)=N/C(N)=N\C(=C)N(C)c1ccccc1C)c1ccco1. The molecule has 9 heteroatoms. The third kappa shape index (κ3) is 5.24. The summed E-state index contributed by atoms with van der Waals surface area (Å²) in [6.07, 6.45) is 1.48. The maximum absolute atomic E-state index is 5.81. The van der Waals surface area contributed by atoms with Crippen LogP contribution in [0.5, 0.6) is 0 Å². The number of amidine groups is 2. The molecule has 0 saturated carbocycles. The van der Waals surface area contributed by atoms with Crippen LogP contribution in [0.15, 0.2) is 81.2 Å². The van der Waals surface area contributed by atoms with Crippen LogP contribution in [0.3, 0.4) is 0 Å². The fourth-order valence-corrected chi connectivity index (χ4v) is 2.12.